The second kappa shape index (κ2) is 53.9. The molecular formula is C60H119N3O6. The summed E-state index contributed by atoms with van der Waals surface area (Å²) < 4.78 is 17.4. The minimum atomic E-state index is -0.357. The largest absolute Gasteiger partial charge is 0.465 e. The number of hydrogen-bond donors (Lipinski definition) is 1. The lowest BCUT2D eigenvalue weighted by Crippen LogP contribution is -2.33. The number of esters is 2. The quantitative estimate of drug-likeness (QED) is 0.0366. The van der Waals surface area contributed by atoms with Crippen molar-refractivity contribution in [1.82, 2.24) is 15.1 Å². The lowest BCUT2D eigenvalue weighted by atomic mass is 9.94. The van der Waals surface area contributed by atoms with Gasteiger partial charge in [0.2, 0.25) is 0 Å². The van der Waals surface area contributed by atoms with Crippen LogP contribution in [0.25, 0.3) is 0 Å². The van der Waals surface area contributed by atoms with Gasteiger partial charge in [-0.25, -0.2) is 4.79 Å². The first-order chi connectivity index (χ1) is 33.7. The summed E-state index contributed by atoms with van der Waals surface area (Å²) in [6.45, 7) is 14.6. The van der Waals surface area contributed by atoms with Crippen LogP contribution in [-0.4, -0.2) is 94.5 Å². The van der Waals surface area contributed by atoms with Gasteiger partial charge in [-0.3, -0.25) is 14.5 Å². The molecule has 0 aliphatic carbocycles. The first kappa shape index (κ1) is 67.1. The van der Waals surface area contributed by atoms with Crippen LogP contribution in [-0.2, 0) is 23.8 Å². The number of nitrogens with one attached hydrogen (secondary N) is 1. The predicted molar refractivity (Wildman–Crippen MR) is 295 cm³/mol. The van der Waals surface area contributed by atoms with E-state index in [9.17, 15) is 14.4 Å². The van der Waals surface area contributed by atoms with Crippen molar-refractivity contribution < 1.29 is 28.6 Å². The van der Waals surface area contributed by atoms with E-state index in [0.29, 0.717) is 57.6 Å². The summed E-state index contributed by atoms with van der Waals surface area (Å²) >= 11 is 0. The Morgan fingerprint density at radius 1 is 0.377 bits per heavy atom. The van der Waals surface area contributed by atoms with Gasteiger partial charge in [-0.15, -0.1) is 0 Å². The Balaban J connectivity index is 4.88. The highest BCUT2D eigenvalue weighted by molar-refractivity contribution is 5.69. The topological polar surface area (TPSA) is 97.4 Å². The summed E-state index contributed by atoms with van der Waals surface area (Å²) in [5, 5.41) is 2.88. The maximum atomic E-state index is 12.9. The minimum absolute atomic E-state index is 0.0453. The van der Waals surface area contributed by atoms with Crippen molar-refractivity contribution in [1.29, 1.82) is 0 Å². The van der Waals surface area contributed by atoms with E-state index in [1.165, 1.54) is 205 Å². The molecule has 0 radical (unpaired) electrons. The highest BCUT2D eigenvalue weighted by atomic mass is 16.5. The molecule has 0 aromatic heterocycles. The molecule has 0 heterocycles. The van der Waals surface area contributed by atoms with E-state index in [4.69, 9.17) is 14.2 Å². The number of carbonyl (C=O) groups is 3. The van der Waals surface area contributed by atoms with Crippen molar-refractivity contribution in [2.75, 3.05) is 66.6 Å². The van der Waals surface area contributed by atoms with Gasteiger partial charge in [-0.1, -0.05) is 220 Å². The zero-order chi connectivity index (χ0) is 50.5. The van der Waals surface area contributed by atoms with E-state index in [2.05, 4.69) is 42.8 Å². The molecule has 0 aromatic rings. The Labute approximate surface area is 429 Å². The van der Waals surface area contributed by atoms with E-state index in [1.54, 1.807) is 0 Å². The smallest absolute Gasteiger partial charge is 0.407 e. The fraction of sp³-hybridized carbons (Fsp3) is 0.950. The van der Waals surface area contributed by atoms with Crippen molar-refractivity contribution in [3.05, 3.63) is 0 Å². The fourth-order valence-electron chi connectivity index (χ4n) is 9.55. The highest BCUT2D eigenvalue weighted by Crippen LogP contribution is 2.22. The van der Waals surface area contributed by atoms with Crippen LogP contribution < -0.4 is 5.32 Å². The Morgan fingerprint density at radius 3 is 1.06 bits per heavy atom. The zero-order valence-electron chi connectivity index (χ0n) is 47.1. The van der Waals surface area contributed by atoms with Crippen LogP contribution >= 0.6 is 0 Å². The Hall–Kier alpha value is -1.87. The average molecular weight is 979 g/mol. The second-order valence-corrected chi connectivity index (χ2v) is 21.4. The lowest BCUT2D eigenvalue weighted by Gasteiger charge is -2.22. The number of ether oxygens (including phenoxy) is 3. The number of carbonyl (C=O) groups excluding carboxylic acids is 3. The summed E-state index contributed by atoms with van der Waals surface area (Å²) in [5.74, 6) is 0.888. The third-order valence-electron chi connectivity index (χ3n) is 14.2. The molecule has 0 aromatic carbocycles. The molecule has 9 heteroatoms. The molecule has 9 nitrogen and oxygen atoms in total. The predicted octanol–water partition coefficient (Wildman–Crippen LogP) is 17.0. The number of rotatable bonds is 55. The maximum Gasteiger partial charge on any atom is 0.407 e. The standard InChI is InChI=1S/C60H119N3O6/c1-7-11-15-19-23-25-29-35-44-56(42-33-27-21-17-13-9-3)54-68-58(64)46-37-31-39-50-63(52-53-67-60(66)61-48-41-49-62(5)6)51-40-32-38-47-59(65)69-55-57(43-34-28-22-18-14-10-4)45-36-30-26-24-20-16-12-8-2/h56-57H,7-55H2,1-6H3,(H,61,66). The molecule has 0 bridgehead atoms. The molecular weight excluding hydrogens is 859 g/mol. The maximum absolute atomic E-state index is 12.9. The molecule has 0 spiro atoms. The molecule has 2 atom stereocenters. The third-order valence-corrected chi connectivity index (χ3v) is 14.2. The average Bonchev–Trinajstić information content (AvgIpc) is 3.33. The molecule has 0 aliphatic rings. The van der Waals surface area contributed by atoms with E-state index in [-0.39, 0.29) is 18.0 Å². The van der Waals surface area contributed by atoms with E-state index in [1.807, 2.05) is 14.1 Å². The molecule has 0 saturated carbocycles. The zero-order valence-corrected chi connectivity index (χ0v) is 47.1. The molecule has 1 amide bonds. The summed E-state index contributed by atoms with van der Waals surface area (Å²) in [6.07, 6.45) is 48.7. The third kappa shape index (κ3) is 50.9. The first-order valence-electron chi connectivity index (χ1n) is 30.3. The van der Waals surface area contributed by atoms with Gasteiger partial charge in [0.1, 0.15) is 6.61 Å². The SMILES string of the molecule is CCCCCCCCCCC(CCCCCCCC)COC(=O)CCCCCN(CCCCCC(=O)OCC(CCCCCCCC)CCCCCCCCCC)CCOC(=O)NCCCN(C)C. The molecule has 0 fully saturated rings. The van der Waals surface area contributed by atoms with Crippen LogP contribution in [0.1, 0.15) is 291 Å². The number of nitrogens with zero attached hydrogens (tertiary/aromatic N) is 2. The van der Waals surface area contributed by atoms with Crippen LogP contribution in [0.2, 0.25) is 0 Å². The van der Waals surface area contributed by atoms with E-state index < -0.39 is 0 Å². The van der Waals surface area contributed by atoms with Gasteiger partial charge in [-0.05, 0) is 103 Å². The molecule has 69 heavy (non-hydrogen) atoms. The van der Waals surface area contributed by atoms with Gasteiger partial charge in [0.25, 0.3) is 0 Å². The van der Waals surface area contributed by atoms with Crippen LogP contribution in [0.15, 0.2) is 0 Å². The van der Waals surface area contributed by atoms with Gasteiger partial charge in [0.15, 0.2) is 0 Å². The molecule has 0 saturated heterocycles. The van der Waals surface area contributed by atoms with Gasteiger partial charge in [-0.2, -0.15) is 0 Å². The molecule has 0 rings (SSSR count). The Bertz CT molecular complexity index is 1030. The molecule has 0 aliphatic heterocycles. The normalized spacial score (nSPS) is 12.5. The van der Waals surface area contributed by atoms with Crippen molar-refractivity contribution in [2.45, 2.75) is 291 Å². The van der Waals surface area contributed by atoms with Crippen LogP contribution in [0, 0.1) is 11.8 Å². The lowest BCUT2D eigenvalue weighted by molar-refractivity contribution is -0.146. The molecule has 410 valence electrons. The van der Waals surface area contributed by atoms with Crippen LogP contribution in [0.4, 0.5) is 4.79 Å². The number of alkyl carbamates (subject to hydrolysis) is 1. The molecule has 1 N–H and O–H groups in total. The summed E-state index contributed by atoms with van der Waals surface area (Å²) in [6, 6.07) is 0. The van der Waals surface area contributed by atoms with Crippen molar-refractivity contribution in [3.63, 3.8) is 0 Å². The van der Waals surface area contributed by atoms with Gasteiger partial charge in [0.05, 0.1) is 13.2 Å². The number of unbranched alkanes of at least 4 members (excludes halogenated alkanes) is 28. The molecule has 2 unspecified atom stereocenters. The van der Waals surface area contributed by atoms with Gasteiger partial charge in [0, 0.05) is 25.9 Å². The van der Waals surface area contributed by atoms with Crippen molar-refractivity contribution in [3.8, 4) is 0 Å². The van der Waals surface area contributed by atoms with Crippen LogP contribution in [0.5, 0.6) is 0 Å². The Kier molecular flexibility index (Phi) is 52.5. The minimum Gasteiger partial charge on any atom is -0.465 e. The fourth-order valence-corrected chi connectivity index (χ4v) is 9.55. The van der Waals surface area contributed by atoms with Crippen LogP contribution in [0.3, 0.4) is 0 Å². The van der Waals surface area contributed by atoms with E-state index >= 15 is 0 Å². The summed E-state index contributed by atoms with van der Waals surface area (Å²) in [7, 11) is 4.06. The second-order valence-electron chi connectivity index (χ2n) is 21.4. The van der Waals surface area contributed by atoms with Gasteiger partial charge >= 0.3 is 18.0 Å². The number of hydrogen-bond acceptors (Lipinski definition) is 8. The summed E-state index contributed by atoms with van der Waals surface area (Å²) in [4.78, 5) is 42.7. The van der Waals surface area contributed by atoms with E-state index in [0.717, 1.165) is 64.6 Å². The van der Waals surface area contributed by atoms with Crippen molar-refractivity contribution in [2.24, 2.45) is 11.8 Å². The monoisotopic (exact) mass is 978 g/mol. The van der Waals surface area contributed by atoms with Crippen molar-refractivity contribution >= 4 is 18.0 Å². The summed E-state index contributed by atoms with van der Waals surface area (Å²) in [5.41, 5.74) is 0. The number of amides is 1. The Morgan fingerprint density at radius 2 is 0.710 bits per heavy atom. The van der Waals surface area contributed by atoms with Gasteiger partial charge < -0.3 is 24.4 Å². The highest BCUT2D eigenvalue weighted by Gasteiger charge is 2.15. The first-order valence-corrected chi connectivity index (χ1v) is 30.3.